The number of nitrogens with zero attached hydrogens (tertiary/aromatic N) is 3. The van der Waals surface area contributed by atoms with E-state index < -0.39 is 15.8 Å². The lowest BCUT2D eigenvalue weighted by molar-refractivity contribution is 0.181. The molecule has 2 heterocycles. The van der Waals surface area contributed by atoms with Gasteiger partial charge in [-0.25, -0.2) is 17.8 Å². The molecule has 0 amide bonds. The first-order valence-electron chi connectivity index (χ1n) is 8.24. The number of sulfonamides is 1. The summed E-state index contributed by atoms with van der Waals surface area (Å²) in [6.07, 6.45) is 2.74. The molecule has 0 atom stereocenters. The normalized spacial score (nSPS) is 16.2. The molecule has 6 nitrogen and oxygen atoms in total. The molecule has 3 rings (SSSR count). The number of benzene rings is 1. The topological polar surface area (TPSA) is 83.3 Å². The van der Waals surface area contributed by atoms with Crippen LogP contribution in [0.25, 0.3) is 0 Å². The standard InChI is InChI=1S/C18H18FN3O3S/c19-16-3-1-2-4-17(16)26(23,24)22-9-6-14(7-10-22)13-25-18-11-15(12-20)5-8-21-18/h1-5,8,11,14H,6-7,9-10,13H2. The van der Waals surface area contributed by atoms with Gasteiger partial charge in [-0.3, -0.25) is 0 Å². The van der Waals surface area contributed by atoms with Gasteiger partial charge in [-0.1, -0.05) is 12.1 Å². The molecule has 0 spiro atoms. The zero-order valence-corrected chi connectivity index (χ0v) is 14.8. The molecule has 0 radical (unpaired) electrons. The number of halogens is 1. The van der Waals surface area contributed by atoms with Crippen molar-refractivity contribution in [2.45, 2.75) is 17.7 Å². The first-order chi connectivity index (χ1) is 12.5. The molecule has 1 saturated heterocycles. The van der Waals surface area contributed by atoms with Crippen molar-refractivity contribution in [1.29, 1.82) is 5.26 Å². The van der Waals surface area contributed by atoms with Crippen molar-refractivity contribution in [3.63, 3.8) is 0 Å². The Hall–Kier alpha value is -2.50. The Balaban J connectivity index is 1.57. The van der Waals surface area contributed by atoms with E-state index in [9.17, 15) is 12.8 Å². The van der Waals surface area contributed by atoms with Crippen LogP contribution < -0.4 is 4.74 Å². The number of piperidine rings is 1. The highest BCUT2D eigenvalue weighted by atomic mass is 32.2. The second-order valence-corrected chi connectivity index (χ2v) is 7.99. The van der Waals surface area contributed by atoms with Crippen LogP contribution >= 0.6 is 0 Å². The van der Waals surface area contributed by atoms with Crippen molar-refractivity contribution in [3.05, 3.63) is 54.0 Å². The third-order valence-corrected chi connectivity index (χ3v) is 6.29. The highest BCUT2D eigenvalue weighted by molar-refractivity contribution is 7.89. The molecule has 1 aliphatic rings. The molecule has 0 bridgehead atoms. The molecular weight excluding hydrogens is 357 g/mol. The average molecular weight is 375 g/mol. The molecule has 2 aromatic rings. The lowest BCUT2D eigenvalue weighted by atomic mass is 9.99. The number of aromatic nitrogens is 1. The van der Waals surface area contributed by atoms with Gasteiger partial charge in [-0.05, 0) is 37.0 Å². The van der Waals surface area contributed by atoms with Crippen LogP contribution in [-0.4, -0.2) is 37.4 Å². The van der Waals surface area contributed by atoms with Crippen LogP contribution in [0.2, 0.25) is 0 Å². The Morgan fingerprint density at radius 2 is 2.00 bits per heavy atom. The van der Waals surface area contributed by atoms with Gasteiger partial charge in [0, 0.05) is 25.4 Å². The summed E-state index contributed by atoms with van der Waals surface area (Å²) in [6.45, 7) is 1.03. The van der Waals surface area contributed by atoms with Gasteiger partial charge in [0.1, 0.15) is 10.7 Å². The SMILES string of the molecule is N#Cc1ccnc(OCC2CCN(S(=O)(=O)c3ccccc3F)CC2)c1. The van der Waals surface area contributed by atoms with Gasteiger partial charge in [0.2, 0.25) is 15.9 Å². The maximum Gasteiger partial charge on any atom is 0.245 e. The van der Waals surface area contributed by atoms with Crippen LogP contribution in [0.15, 0.2) is 47.5 Å². The Bertz CT molecular complexity index is 919. The third kappa shape index (κ3) is 4.00. The van der Waals surface area contributed by atoms with E-state index >= 15 is 0 Å². The Kier molecular flexibility index (Phi) is 5.49. The number of pyridine rings is 1. The van der Waals surface area contributed by atoms with Gasteiger partial charge < -0.3 is 4.74 Å². The third-order valence-electron chi connectivity index (χ3n) is 4.36. The summed E-state index contributed by atoms with van der Waals surface area (Å²) in [7, 11) is -3.82. The maximum absolute atomic E-state index is 13.8. The van der Waals surface area contributed by atoms with Crippen LogP contribution in [0.4, 0.5) is 4.39 Å². The van der Waals surface area contributed by atoms with Crippen LogP contribution in [0.3, 0.4) is 0 Å². The zero-order valence-electron chi connectivity index (χ0n) is 14.0. The van der Waals surface area contributed by atoms with Gasteiger partial charge >= 0.3 is 0 Å². The van der Waals surface area contributed by atoms with E-state index in [0.29, 0.717) is 44.0 Å². The maximum atomic E-state index is 13.8. The molecule has 1 aromatic heterocycles. The molecule has 8 heteroatoms. The Morgan fingerprint density at radius 1 is 1.27 bits per heavy atom. The quantitative estimate of drug-likeness (QED) is 0.802. The van der Waals surface area contributed by atoms with Crippen molar-refractivity contribution in [2.75, 3.05) is 19.7 Å². The van der Waals surface area contributed by atoms with Crippen LogP contribution in [0.5, 0.6) is 5.88 Å². The molecule has 136 valence electrons. The predicted molar refractivity (Wildman–Crippen MR) is 92.3 cm³/mol. The van der Waals surface area contributed by atoms with Crippen molar-refractivity contribution >= 4 is 10.0 Å². The lowest BCUT2D eigenvalue weighted by Gasteiger charge is -2.31. The summed E-state index contributed by atoms with van der Waals surface area (Å²) in [6, 6.07) is 10.6. The van der Waals surface area contributed by atoms with Gasteiger partial charge in [0.25, 0.3) is 0 Å². The van der Waals surface area contributed by atoms with Gasteiger partial charge in [0.05, 0.1) is 18.2 Å². The molecule has 0 aliphatic carbocycles. The van der Waals surface area contributed by atoms with E-state index in [0.717, 1.165) is 6.07 Å². The predicted octanol–water partition coefficient (Wildman–Crippen LogP) is 2.57. The molecule has 0 N–H and O–H groups in total. The first kappa shape index (κ1) is 18.3. The minimum Gasteiger partial charge on any atom is -0.477 e. The van der Waals surface area contributed by atoms with Gasteiger partial charge in [-0.15, -0.1) is 0 Å². The number of hydrogen-bond acceptors (Lipinski definition) is 5. The minimum absolute atomic E-state index is 0.176. The van der Waals surface area contributed by atoms with E-state index in [4.69, 9.17) is 10.00 Å². The highest BCUT2D eigenvalue weighted by Gasteiger charge is 2.31. The fourth-order valence-corrected chi connectivity index (χ4v) is 4.41. The Labute approximate surface area is 151 Å². The number of hydrogen-bond donors (Lipinski definition) is 0. The van der Waals surface area contributed by atoms with Crippen molar-refractivity contribution in [3.8, 4) is 11.9 Å². The first-order valence-corrected chi connectivity index (χ1v) is 9.68. The van der Waals surface area contributed by atoms with E-state index in [-0.39, 0.29) is 10.8 Å². The van der Waals surface area contributed by atoms with E-state index in [1.807, 2.05) is 6.07 Å². The number of rotatable bonds is 5. The molecule has 0 saturated carbocycles. The number of nitriles is 1. The highest BCUT2D eigenvalue weighted by Crippen LogP contribution is 2.25. The molecule has 1 fully saturated rings. The van der Waals surface area contributed by atoms with E-state index in [2.05, 4.69) is 4.98 Å². The van der Waals surface area contributed by atoms with Crippen LogP contribution in [0, 0.1) is 23.1 Å². The van der Waals surface area contributed by atoms with Gasteiger partial charge in [0.15, 0.2) is 0 Å². The average Bonchev–Trinajstić information content (AvgIpc) is 2.67. The second kappa shape index (κ2) is 7.81. The molecule has 0 unspecified atom stereocenters. The van der Waals surface area contributed by atoms with Crippen molar-refractivity contribution < 1.29 is 17.5 Å². The Morgan fingerprint density at radius 3 is 2.69 bits per heavy atom. The fourth-order valence-electron chi connectivity index (χ4n) is 2.87. The summed E-state index contributed by atoms with van der Waals surface area (Å²) >= 11 is 0. The van der Waals surface area contributed by atoms with E-state index in [1.165, 1.54) is 28.7 Å². The summed E-state index contributed by atoms with van der Waals surface area (Å²) in [4.78, 5) is 3.77. The summed E-state index contributed by atoms with van der Waals surface area (Å²) in [5.41, 5.74) is 0.473. The second-order valence-electron chi connectivity index (χ2n) is 6.08. The minimum atomic E-state index is -3.82. The number of ether oxygens (including phenoxy) is 1. The van der Waals surface area contributed by atoms with Crippen LogP contribution in [0.1, 0.15) is 18.4 Å². The fraction of sp³-hybridized carbons (Fsp3) is 0.333. The van der Waals surface area contributed by atoms with Gasteiger partial charge in [-0.2, -0.15) is 9.57 Å². The molecule has 1 aliphatic heterocycles. The largest absolute Gasteiger partial charge is 0.477 e. The van der Waals surface area contributed by atoms with Crippen molar-refractivity contribution in [2.24, 2.45) is 5.92 Å². The summed E-state index contributed by atoms with van der Waals surface area (Å²) < 4.78 is 45.9. The van der Waals surface area contributed by atoms with Crippen molar-refractivity contribution in [1.82, 2.24) is 9.29 Å². The smallest absolute Gasteiger partial charge is 0.245 e. The molecular formula is C18H18FN3O3S. The molecule has 26 heavy (non-hydrogen) atoms. The van der Waals surface area contributed by atoms with Crippen LogP contribution in [-0.2, 0) is 10.0 Å². The molecule has 1 aromatic carbocycles. The van der Waals surface area contributed by atoms with E-state index in [1.54, 1.807) is 12.1 Å². The zero-order chi connectivity index (χ0) is 18.6. The summed E-state index contributed by atoms with van der Waals surface area (Å²) in [5, 5.41) is 8.88. The lowest BCUT2D eigenvalue weighted by Crippen LogP contribution is -2.40. The summed E-state index contributed by atoms with van der Waals surface area (Å²) in [5.74, 6) is -0.179. The monoisotopic (exact) mass is 375 g/mol.